The zero-order valence-electron chi connectivity index (χ0n) is 11.8. The Balaban J connectivity index is 2.07. The maximum absolute atomic E-state index is 5.65. The van der Waals surface area contributed by atoms with Gasteiger partial charge in [-0.05, 0) is 44.0 Å². The van der Waals surface area contributed by atoms with Crippen LogP contribution in [0, 0.1) is 13.8 Å². The van der Waals surface area contributed by atoms with Crippen LogP contribution in [0.3, 0.4) is 0 Å². The van der Waals surface area contributed by atoms with Crippen molar-refractivity contribution in [3.8, 4) is 0 Å². The van der Waals surface area contributed by atoms with E-state index in [0.717, 1.165) is 32.7 Å². The van der Waals surface area contributed by atoms with E-state index in [9.17, 15) is 0 Å². The SMILES string of the molecule is Cc1cc(C)cc(N2CCN(CCN)C(C)C2)c1. The maximum Gasteiger partial charge on any atom is 0.0372 e. The van der Waals surface area contributed by atoms with E-state index in [1.165, 1.54) is 16.8 Å². The molecule has 1 aromatic carbocycles. The molecule has 1 aromatic rings. The summed E-state index contributed by atoms with van der Waals surface area (Å²) < 4.78 is 0. The fourth-order valence-corrected chi connectivity index (χ4v) is 2.86. The predicted octanol–water partition coefficient (Wildman–Crippen LogP) is 1.77. The highest BCUT2D eigenvalue weighted by Crippen LogP contribution is 2.21. The Labute approximate surface area is 111 Å². The van der Waals surface area contributed by atoms with Crippen LogP contribution in [0.1, 0.15) is 18.1 Å². The van der Waals surface area contributed by atoms with E-state index in [0.29, 0.717) is 6.04 Å². The summed E-state index contributed by atoms with van der Waals surface area (Å²) in [6, 6.07) is 7.40. The fraction of sp³-hybridized carbons (Fsp3) is 0.600. The van der Waals surface area contributed by atoms with E-state index >= 15 is 0 Å². The lowest BCUT2D eigenvalue weighted by Gasteiger charge is -2.41. The molecule has 0 amide bonds. The van der Waals surface area contributed by atoms with Crippen molar-refractivity contribution in [3.05, 3.63) is 29.3 Å². The van der Waals surface area contributed by atoms with Gasteiger partial charge in [0.1, 0.15) is 0 Å². The first-order chi connectivity index (χ1) is 8.60. The molecule has 1 fully saturated rings. The molecule has 0 aromatic heterocycles. The highest BCUT2D eigenvalue weighted by Gasteiger charge is 2.23. The molecule has 100 valence electrons. The highest BCUT2D eigenvalue weighted by molar-refractivity contribution is 5.51. The number of hydrogen-bond donors (Lipinski definition) is 1. The van der Waals surface area contributed by atoms with Crippen molar-refractivity contribution in [1.29, 1.82) is 0 Å². The standard InChI is InChI=1S/C15H25N3/c1-12-8-13(2)10-15(9-12)18-7-6-17(5-4-16)14(3)11-18/h8-10,14H,4-7,11,16H2,1-3H3. The third-order valence-electron chi connectivity index (χ3n) is 3.75. The molecule has 1 aliphatic rings. The van der Waals surface area contributed by atoms with E-state index < -0.39 is 0 Å². The first-order valence-electron chi connectivity index (χ1n) is 6.87. The number of aryl methyl sites for hydroxylation is 2. The first kappa shape index (κ1) is 13.4. The molecule has 2 N–H and O–H groups in total. The average molecular weight is 247 g/mol. The van der Waals surface area contributed by atoms with Gasteiger partial charge in [-0.2, -0.15) is 0 Å². The van der Waals surface area contributed by atoms with Gasteiger partial charge in [-0.25, -0.2) is 0 Å². The van der Waals surface area contributed by atoms with Crippen molar-refractivity contribution in [2.45, 2.75) is 26.8 Å². The third-order valence-corrected chi connectivity index (χ3v) is 3.75. The topological polar surface area (TPSA) is 32.5 Å². The first-order valence-corrected chi connectivity index (χ1v) is 6.87. The quantitative estimate of drug-likeness (QED) is 0.883. The number of anilines is 1. The second-order valence-corrected chi connectivity index (χ2v) is 5.47. The van der Waals surface area contributed by atoms with E-state index in [4.69, 9.17) is 5.73 Å². The molecule has 0 aliphatic carbocycles. The maximum atomic E-state index is 5.65. The third kappa shape index (κ3) is 3.03. The average Bonchev–Trinajstić information content (AvgIpc) is 2.30. The monoisotopic (exact) mass is 247 g/mol. The Kier molecular flexibility index (Phi) is 4.25. The van der Waals surface area contributed by atoms with Crippen LogP contribution < -0.4 is 10.6 Å². The minimum absolute atomic E-state index is 0.586. The summed E-state index contributed by atoms with van der Waals surface area (Å²) in [5.74, 6) is 0. The lowest BCUT2D eigenvalue weighted by molar-refractivity contribution is 0.195. The normalized spacial score (nSPS) is 21.3. The second-order valence-electron chi connectivity index (χ2n) is 5.47. The van der Waals surface area contributed by atoms with Gasteiger partial charge >= 0.3 is 0 Å². The zero-order valence-corrected chi connectivity index (χ0v) is 11.8. The largest absolute Gasteiger partial charge is 0.369 e. The molecule has 0 radical (unpaired) electrons. The van der Waals surface area contributed by atoms with Crippen molar-refractivity contribution in [1.82, 2.24) is 4.90 Å². The van der Waals surface area contributed by atoms with E-state index in [-0.39, 0.29) is 0 Å². The molecule has 1 saturated heterocycles. The van der Waals surface area contributed by atoms with Crippen LogP contribution in [-0.2, 0) is 0 Å². The number of hydrogen-bond acceptors (Lipinski definition) is 3. The Morgan fingerprint density at radius 1 is 1.17 bits per heavy atom. The predicted molar refractivity (Wildman–Crippen MR) is 78.2 cm³/mol. The summed E-state index contributed by atoms with van der Waals surface area (Å²) in [4.78, 5) is 4.98. The lowest BCUT2D eigenvalue weighted by atomic mass is 10.1. The Hall–Kier alpha value is -1.06. The summed E-state index contributed by atoms with van der Waals surface area (Å²) in [6.45, 7) is 11.7. The van der Waals surface area contributed by atoms with Gasteiger partial charge in [-0.3, -0.25) is 4.90 Å². The molecule has 3 heteroatoms. The molecule has 1 atom stereocenters. The molecular weight excluding hydrogens is 222 g/mol. The van der Waals surface area contributed by atoms with Crippen LogP contribution in [0.25, 0.3) is 0 Å². The Morgan fingerprint density at radius 3 is 2.39 bits per heavy atom. The van der Waals surface area contributed by atoms with Crippen molar-refractivity contribution in [2.24, 2.45) is 5.73 Å². The van der Waals surface area contributed by atoms with Crippen molar-refractivity contribution in [3.63, 3.8) is 0 Å². The van der Waals surface area contributed by atoms with Gasteiger partial charge in [0.2, 0.25) is 0 Å². The molecule has 0 saturated carbocycles. The number of benzene rings is 1. The highest BCUT2D eigenvalue weighted by atomic mass is 15.3. The minimum atomic E-state index is 0.586. The molecule has 1 heterocycles. The summed E-state index contributed by atoms with van der Waals surface area (Å²) in [6.07, 6.45) is 0. The van der Waals surface area contributed by atoms with Gasteiger partial charge in [-0.15, -0.1) is 0 Å². The molecule has 18 heavy (non-hydrogen) atoms. The fourth-order valence-electron chi connectivity index (χ4n) is 2.86. The number of rotatable bonds is 3. The minimum Gasteiger partial charge on any atom is -0.369 e. The number of piperazine rings is 1. The molecule has 0 spiro atoms. The van der Waals surface area contributed by atoms with Gasteiger partial charge in [0.25, 0.3) is 0 Å². The molecule has 2 rings (SSSR count). The molecule has 3 nitrogen and oxygen atoms in total. The molecule has 1 unspecified atom stereocenters. The van der Waals surface area contributed by atoms with E-state index in [1.54, 1.807) is 0 Å². The van der Waals surface area contributed by atoms with Gasteiger partial charge in [-0.1, -0.05) is 6.07 Å². The summed E-state index contributed by atoms with van der Waals surface area (Å²) in [7, 11) is 0. The number of nitrogens with two attached hydrogens (primary N) is 1. The van der Waals surface area contributed by atoms with Crippen LogP contribution in [0.15, 0.2) is 18.2 Å². The van der Waals surface area contributed by atoms with Crippen LogP contribution in [0.2, 0.25) is 0 Å². The van der Waals surface area contributed by atoms with Crippen LogP contribution in [-0.4, -0.2) is 43.7 Å². The lowest BCUT2D eigenvalue weighted by Crippen LogP contribution is -2.53. The van der Waals surface area contributed by atoms with E-state index in [2.05, 4.69) is 48.8 Å². The van der Waals surface area contributed by atoms with Crippen LogP contribution in [0.5, 0.6) is 0 Å². The molecule has 1 aliphatic heterocycles. The van der Waals surface area contributed by atoms with Gasteiger partial charge in [0.15, 0.2) is 0 Å². The van der Waals surface area contributed by atoms with Crippen molar-refractivity contribution >= 4 is 5.69 Å². The van der Waals surface area contributed by atoms with Crippen LogP contribution >= 0.6 is 0 Å². The van der Waals surface area contributed by atoms with Gasteiger partial charge in [0.05, 0.1) is 0 Å². The zero-order chi connectivity index (χ0) is 13.1. The summed E-state index contributed by atoms with van der Waals surface area (Å²) in [5, 5.41) is 0. The Morgan fingerprint density at radius 2 is 1.83 bits per heavy atom. The van der Waals surface area contributed by atoms with Crippen molar-refractivity contribution in [2.75, 3.05) is 37.6 Å². The summed E-state index contributed by atoms with van der Waals surface area (Å²) in [5.41, 5.74) is 9.72. The Bertz CT molecular complexity index is 382. The second kappa shape index (κ2) is 5.72. The van der Waals surface area contributed by atoms with Crippen molar-refractivity contribution < 1.29 is 0 Å². The molecule has 0 bridgehead atoms. The van der Waals surface area contributed by atoms with Crippen LogP contribution in [0.4, 0.5) is 5.69 Å². The van der Waals surface area contributed by atoms with E-state index in [1.807, 2.05) is 0 Å². The van der Waals surface area contributed by atoms with Gasteiger partial charge in [0, 0.05) is 44.5 Å². The van der Waals surface area contributed by atoms with Gasteiger partial charge < -0.3 is 10.6 Å². The number of nitrogens with zero attached hydrogens (tertiary/aromatic N) is 2. The molecular formula is C15H25N3. The summed E-state index contributed by atoms with van der Waals surface area (Å²) >= 11 is 0. The smallest absolute Gasteiger partial charge is 0.0372 e.